The molecule has 94 valence electrons. The highest BCUT2D eigenvalue weighted by Crippen LogP contribution is 2.12. The van der Waals surface area contributed by atoms with E-state index in [0.29, 0.717) is 6.54 Å². The summed E-state index contributed by atoms with van der Waals surface area (Å²) < 4.78 is 5.14. The topological polar surface area (TPSA) is 79.9 Å². The largest absolute Gasteiger partial charge is 0.497 e. The smallest absolute Gasteiger partial charge is 0.156 e. The third kappa shape index (κ3) is 3.96. The first kappa shape index (κ1) is 13.3. The Morgan fingerprint density at radius 1 is 1.59 bits per heavy atom. The highest BCUT2D eigenvalue weighted by Gasteiger charge is 2.10. The van der Waals surface area contributed by atoms with E-state index in [0.717, 1.165) is 17.7 Å². The summed E-state index contributed by atoms with van der Waals surface area (Å²) in [5, 5.41) is 14.8. The Balaban J connectivity index is 2.59. The highest BCUT2D eigenvalue weighted by atomic mass is 16.5. The molecule has 1 unspecified atom stereocenters. The normalized spacial score (nSPS) is 13.4. The molecule has 0 bridgehead atoms. The van der Waals surface area contributed by atoms with Crippen LogP contribution in [0.15, 0.2) is 29.4 Å². The molecule has 1 rings (SSSR count). The van der Waals surface area contributed by atoms with Gasteiger partial charge in [-0.15, -0.1) is 0 Å². The summed E-state index contributed by atoms with van der Waals surface area (Å²) in [6.45, 7) is 2.62. The molecule has 1 aromatic rings. The van der Waals surface area contributed by atoms with Crippen molar-refractivity contribution < 1.29 is 9.94 Å². The predicted molar refractivity (Wildman–Crippen MR) is 67.3 cm³/mol. The summed E-state index contributed by atoms with van der Waals surface area (Å²) in [4.78, 5) is 0. The van der Waals surface area contributed by atoms with Crippen LogP contribution in [0.25, 0.3) is 0 Å². The molecule has 17 heavy (non-hydrogen) atoms. The molecule has 0 saturated heterocycles. The lowest BCUT2D eigenvalue weighted by atomic mass is 10.1. The summed E-state index contributed by atoms with van der Waals surface area (Å²) in [7, 11) is 1.64. The Hall–Kier alpha value is -1.75. The van der Waals surface area contributed by atoms with Crippen LogP contribution in [0.5, 0.6) is 5.75 Å². The molecule has 0 aliphatic carbocycles. The Kier molecular flexibility index (Phi) is 5.29. The van der Waals surface area contributed by atoms with Gasteiger partial charge in [-0.1, -0.05) is 24.2 Å². The molecule has 1 aromatic carbocycles. The maximum absolute atomic E-state index is 8.62. The van der Waals surface area contributed by atoms with Gasteiger partial charge in [0, 0.05) is 6.54 Å². The van der Waals surface area contributed by atoms with Gasteiger partial charge in [0.2, 0.25) is 0 Å². The molecule has 0 amide bonds. The van der Waals surface area contributed by atoms with E-state index in [4.69, 9.17) is 15.7 Å². The minimum absolute atomic E-state index is 0.119. The van der Waals surface area contributed by atoms with Gasteiger partial charge in [0.05, 0.1) is 13.2 Å². The number of nitrogens with two attached hydrogens (primary N) is 1. The van der Waals surface area contributed by atoms with E-state index >= 15 is 0 Å². The van der Waals surface area contributed by atoms with E-state index < -0.39 is 0 Å². The zero-order chi connectivity index (χ0) is 12.7. The van der Waals surface area contributed by atoms with Gasteiger partial charge in [0.15, 0.2) is 5.84 Å². The number of hydrogen-bond donors (Lipinski definition) is 3. The Morgan fingerprint density at radius 2 is 2.35 bits per heavy atom. The van der Waals surface area contributed by atoms with Crippen molar-refractivity contribution in [1.29, 1.82) is 0 Å². The zero-order valence-corrected chi connectivity index (χ0v) is 10.2. The lowest BCUT2D eigenvalue weighted by Gasteiger charge is -2.15. The second-order valence-electron chi connectivity index (χ2n) is 3.72. The van der Waals surface area contributed by atoms with E-state index in [2.05, 4.69) is 10.5 Å². The summed E-state index contributed by atoms with van der Waals surface area (Å²) in [5.41, 5.74) is 6.65. The van der Waals surface area contributed by atoms with Crippen molar-refractivity contribution in [3.05, 3.63) is 29.8 Å². The van der Waals surface area contributed by atoms with Crippen LogP contribution in [0, 0.1) is 0 Å². The van der Waals surface area contributed by atoms with Gasteiger partial charge < -0.3 is 21.0 Å². The molecule has 0 aliphatic heterocycles. The number of methoxy groups -OCH3 is 1. The molecule has 0 heterocycles. The first-order valence-electron chi connectivity index (χ1n) is 5.55. The number of hydrogen-bond acceptors (Lipinski definition) is 4. The van der Waals surface area contributed by atoms with Crippen molar-refractivity contribution >= 4 is 5.84 Å². The second kappa shape index (κ2) is 6.75. The highest BCUT2D eigenvalue weighted by molar-refractivity contribution is 5.85. The van der Waals surface area contributed by atoms with Crippen LogP contribution in [0.2, 0.25) is 0 Å². The average molecular weight is 237 g/mol. The number of amidine groups is 1. The number of benzene rings is 1. The van der Waals surface area contributed by atoms with Crippen LogP contribution in [0.3, 0.4) is 0 Å². The van der Waals surface area contributed by atoms with Gasteiger partial charge in [0.1, 0.15) is 5.75 Å². The first-order chi connectivity index (χ1) is 8.21. The molecule has 0 aromatic heterocycles. The van der Waals surface area contributed by atoms with Crippen LogP contribution in [0.4, 0.5) is 0 Å². The predicted octanol–water partition coefficient (Wildman–Crippen LogP) is 1.31. The van der Waals surface area contributed by atoms with E-state index in [1.807, 2.05) is 31.2 Å². The lowest BCUT2D eigenvalue weighted by molar-refractivity contribution is 0.314. The van der Waals surface area contributed by atoms with Gasteiger partial charge in [0.25, 0.3) is 0 Å². The summed E-state index contributed by atoms with van der Waals surface area (Å²) in [6, 6.07) is 7.65. The second-order valence-corrected chi connectivity index (χ2v) is 3.72. The third-order valence-electron chi connectivity index (χ3n) is 2.57. The molecule has 0 spiro atoms. The van der Waals surface area contributed by atoms with Crippen LogP contribution < -0.4 is 15.8 Å². The fourth-order valence-corrected chi connectivity index (χ4v) is 1.55. The van der Waals surface area contributed by atoms with Gasteiger partial charge >= 0.3 is 0 Å². The first-order valence-corrected chi connectivity index (χ1v) is 5.55. The van der Waals surface area contributed by atoms with E-state index in [1.165, 1.54) is 0 Å². The SMILES string of the molecule is CCC(NCc1cccc(OC)c1)C(N)=NO. The summed E-state index contributed by atoms with van der Waals surface area (Å²) >= 11 is 0. The molecule has 4 N–H and O–H groups in total. The number of nitrogens with zero attached hydrogens (tertiary/aromatic N) is 1. The van der Waals surface area contributed by atoms with Gasteiger partial charge in [-0.05, 0) is 24.1 Å². The fraction of sp³-hybridized carbons (Fsp3) is 0.417. The van der Waals surface area contributed by atoms with Gasteiger partial charge in [-0.25, -0.2) is 0 Å². The van der Waals surface area contributed by atoms with Gasteiger partial charge in [-0.2, -0.15) is 0 Å². The number of oxime groups is 1. The van der Waals surface area contributed by atoms with E-state index in [1.54, 1.807) is 7.11 Å². The van der Waals surface area contributed by atoms with E-state index in [9.17, 15) is 0 Å². The zero-order valence-electron chi connectivity index (χ0n) is 10.2. The van der Waals surface area contributed by atoms with Crippen molar-refractivity contribution in [1.82, 2.24) is 5.32 Å². The maximum Gasteiger partial charge on any atom is 0.156 e. The minimum Gasteiger partial charge on any atom is -0.497 e. The molecule has 5 nitrogen and oxygen atoms in total. The van der Waals surface area contributed by atoms with Crippen molar-refractivity contribution in [2.45, 2.75) is 25.9 Å². The molecular weight excluding hydrogens is 218 g/mol. The minimum atomic E-state index is -0.119. The summed E-state index contributed by atoms with van der Waals surface area (Å²) in [5.74, 6) is 1.02. The molecule has 0 saturated carbocycles. The number of rotatable bonds is 6. The van der Waals surface area contributed by atoms with Crippen LogP contribution in [-0.4, -0.2) is 24.2 Å². The third-order valence-corrected chi connectivity index (χ3v) is 2.57. The van der Waals surface area contributed by atoms with Crippen molar-refractivity contribution in [2.24, 2.45) is 10.9 Å². The molecule has 0 aliphatic rings. The maximum atomic E-state index is 8.62. The van der Waals surface area contributed by atoms with Gasteiger partial charge in [-0.3, -0.25) is 0 Å². The standard InChI is InChI=1S/C12H19N3O2/c1-3-11(12(13)15-16)14-8-9-5-4-6-10(7-9)17-2/h4-7,11,14,16H,3,8H2,1-2H3,(H2,13,15). The molecule has 0 radical (unpaired) electrons. The molecule has 5 heteroatoms. The lowest BCUT2D eigenvalue weighted by Crippen LogP contribution is -2.40. The van der Waals surface area contributed by atoms with Crippen molar-refractivity contribution in [2.75, 3.05) is 7.11 Å². The van der Waals surface area contributed by atoms with Crippen LogP contribution in [-0.2, 0) is 6.54 Å². The van der Waals surface area contributed by atoms with Crippen molar-refractivity contribution in [3.8, 4) is 5.75 Å². The average Bonchev–Trinajstić information content (AvgIpc) is 2.39. The molecule has 0 fully saturated rings. The summed E-state index contributed by atoms with van der Waals surface area (Å²) in [6.07, 6.45) is 0.764. The van der Waals surface area contributed by atoms with Crippen LogP contribution >= 0.6 is 0 Å². The van der Waals surface area contributed by atoms with Crippen molar-refractivity contribution in [3.63, 3.8) is 0 Å². The molecule has 1 atom stereocenters. The fourth-order valence-electron chi connectivity index (χ4n) is 1.55. The van der Waals surface area contributed by atoms with Crippen LogP contribution in [0.1, 0.15) is 18.9 Å². The Labute approximate surface area is 101 Å². The van der Waals surface area contributed by atoms with E-state index in [-0.39, 0.29) is 11.9 Å². The Morgan fingerprint density at radius 3 is 2.94 bits per heavy atom. The quantitative estimate of drug-likeness (QED) is 0.301. The Bertz CT molecular complexity index is 380. The molecular formula is C12H19N3O2. The number of ether oxygens (including phenoxy) is 1. The number of nitrogens with one attached hydrogen (secondary N) is 1. The monoisotopic (exact) mass is 237 g/mol.